The van der Waals surface area contributed by atoms with E-state index in [4.69, 9.17) is 4.42 Å². The van der Waals surface area contributed by atoms with Crippen molar-refractivity contribution >= 4 is 11.6 Å². The smallest absolute Gasteiger partial charge is 0.270 e. The molecule has 150 valence electrons. The minimum atomic E-state index is -0.790. The molecule has 29 heavy (non-hydrogen) atoms. The number of nitrogens with zero attached hydrogens (tertiary/aromatic N) is 2. The summed E-state index contributed by atoms with van der Waals surface area (Å²) >= 11 is 0. The van der Waals surface area contributed by atoms with Gasteiger partial charge in [0.15, 0.2) is 11.7 Å². The number of benzene rings is 2. The fourth-order valence-corrected chi connectivity index (χ4v) is 2.57. The minimum absolute atomic E-state index is 0.0124. The van der Waals surface area contributed by atoms with Crippen molar-refractivity contribution in [2.24, 2.45) is 0 Å². The molecule has 1 amide bonds. The van der Waals surface area contributed by atoms with Crippen LogP contribution in [0.5, 0.6) is 5.75 Å². The van der Waals surface area contributed by atoms with Gasteiger partial charge in [0.2, 0.25) is 5.91 Å². The summed E-state index contributed by atoms with van der Waals surface area (Å²) in [5.41, 5.74) is 0.0564. The number of aromatic nitrogens is 1. The normalized spacial score (nSPS) is 10.7. The number of aromatic hydroxyl groups is 1. The zero-order chi connectivity index (χ0) is 21.0. The van der Waals surface area contributed by atoms with E-state index in [-0.39, 0.29) is 53.6 Å². The summed E-state index contributed by atoms with van der Waals surface area (Å²) in [6.45, 7) is -0.0933. The number of aryl methyl sites for hydroxylation is 1. The first kappa shape index (κ1) is 19.9. The summed E-state index contributed by atoms with van der Waals surface area (Å²) < 4.78 is 32.2. The molecule has 0 aliphatic carbocycles. The quantitative estimate of drug-likeness (QED) is 0.461. The first-order valence-electron chi connectivity index (χ1n) is 8.46. The molecule has 8 nitrogen and oxygen atoms in total. The summed E-state index contributed by atoms with van der Waals surface area (Å²) in [4.78, 5) is 26.1. The van der Waals surface area contributed by atoms with E-state index >= 15 is 0 Å². The number of nitrogens with one attached hydrogen (secondary N) is 1. The molecule has 0 aliphatic rings. The number of rotatable bonds is 7. The third-order valence-corrected chi connectivity index (χ3v) is 4.07. The van der Waals surface area contributed by atoms with E-state index in [2.05, 4.69) is 10.3 Å². The third-order valence-electron chi connectivity index (χ3n) is 4.07. The molecule has 10 heteroatoms. The minimum Gasteiger partial charge on any atom is -0.508 e. The van der Waals surface area contributed by atoms with Crippen LogP contribution in [0.15, 0.2) is 47.0 Å². The van der Waals surface area contributed by atoms with Crippen LogP contribution in [-0.4, -0.2) is 20.9 Å². The molecule has 0 aliphatic heterocycles. The number of nitro benzene ring substituents is 1. The van der Waals surface area contributed by atoms with Crippen LogP contribution >= 0.6 is 0 Å². The summed E-state index contributed by atoms with van der Waals surface area (Å²) in [6.07, 6.45) is 1.39. The maximum absolute atomic E-state index is 13.8. The number of non-ortho nitro benzene ring substituents is 1. The van der Waals surface area contributed by atoms with Crippen LogP contribution in [0, 0.1) is 21.7 Å². The largest absolute Gasteiger partial charge is 0.508 e. The van der Waals surface area contributed by atoms with Crippen molar-refractivity contribution in [2.45, 2.75) is 19.4 Å². The highest BCUT2D eigenvalue weighted by atomic mass is 19.1. The van der Waals surface area contributed by atoms with E-state index in [0.29, 0.717) is 0 Å². The van der Waals surface area contributed by atoms with E-state index in [9.17, 15) is 28.8 Å². The fraction of sp³-hybridized carbons (Fsp3) is 0.158. The zero-order valence-electron chi connectivity index (χ0n) is 14.9. The van der Waals surface area contributed by atoms with Crippen molar-refractivity contribution in [3.8, 4) is 17.1 Å². The zero-order valence-corrected chi connectivity index (χ0v) is 14.9. The molecule has 1 heterocycles. The lowest BCUT2D eigenvalue weighted by Crippen LogP contribution is -2.23. The fourth-order valence-electron chi connectivity index (χ4n) is 2.57. The number of amides is 1. The van der Waals surface area contributed by atoms with Crippen LogP contribution < -0.4 is 5.32 Å². The van der Waals surface area contributed by atoms with Gasteiger partial charge in [0.25, 0.3) is 5.69 Å². The molecule has 0 saturated carbocycles. The molecule has 1 aromatic heterocycles. The molecular weight excluding hydrogens is 388 g/mol. The number of carbonyl (C=O) groups is 1. The Labute approximate surface area is 163 Å². The molecular formula is C19H15F2N3O5. The number of phenolic OH excluding ortho intramolecular Hbond substituents is 1. The predicted molar refractivity (Wildman–Crippen MR) is 96.8 cm³/mol. The van der Waals surface area contributed by atoms with Crippen molar-refractivity contribution in [3.05, 3.63) is 75.8 Å². The van der Waals surface area contributed by atoms with Crippen molar-refractivity contribution < 1.29 is 28.0 Å². The second-order valence-corrected chi connectivity index (χ2v) is 6.09. The molecule has 0 unspecified atom stereocenters. The van der Waals surface area contributed by atoms with Gasteiger partial charge in [0.1, 0.15) is 17.4 Å². The topological polar surface area (TPSA) is 119 Å². The first-order valence-corrected chi connectivity index (χ1v) is 8.46. The Morgan fingerprint density at radius 3 is 2.76 bits per heavy atom. The van der Waals surface area contributed by atoms with Gasteiger partial charge in [-0.3, -0.25) is 14.9 Å². The van der Waals surface area contributed by atoms with Crippen molar-refractivity contribution in [2.75, 3.05) is 0 Å². The summed E-state index contributed by atoms with van der Waals surface area (Å²) in [5, 5.41) is 23.1. The van der Waals surface area contributed by atoms with Gasteiger partial charge in [0, 0.05) is 43.1 Å². The molecule has 0 bridgehead atoms. The second-order valence-electron chi connectivity index (χ2n) is 6.09. The highest BCUT2D eigenvalue weighted by Gasteiger charge is 2.14. The number of carbonyl (C=O) groups excluding carboxylic acids is 1. The Morgan fingerprint density at radius 1 is 1.24 bits per heavy atom. The SMILES string of the molecule is O=C(CCc1ncc(-c2ccc(F)cc2F)o1)NCc1cc([N+](=O)[O-])ccc1O. The van der Waals surface area contributed by atoms with Crippen molar-refractivity contribution in [1.29, 1.82) is 0 Å². The van der Waals surface area contributed by atoms with Gasteiger partial charge >= 0.3 is 0 Å². The summed E-state index contributed by atoms with van der Waals surface area (Å²) in [7, 11) is 0. The molecule has 3 rings (SSSR count). The Hall–Kier alpha value is -3.82. The Balaban J connectivity index is 1.56. The number of hydrogen-bond acceptors (Lipinski definition) is 6. The monoisotopic (exact) mass is 403 g/mol. The number of halogens is 2. The Kier molecular flexibility index (Phi) is 5.82. The van der Waals surface area contributed by atoms with E-state index < -0.39 is 22.5 Å². The maximum Gasteiger partial charge on any atom is 0.270 e. The average molecular weight is 403 g/mol. The van der Waals surface area contributed by atoms with Gasteiger partial charge in [-0.15, -0.1) is 0 Å². The molecule has 0 atom stereocenters. The molecule has 0 spiro atoms. The summed E-state index contributed by atoms with van der Waals surface area (Å²) in [6, 6.07) is 6.57. The molecule has 3 aromatic rings. The van der Waals surface area contributed by atoms with Gasteiger partial charge in [-0.25, -0.2) is 13.8 Å². The first-order chi connectivity index (χ1) is 13.8. The second kappa shape index (κ2) is 8.46. The standard InChI is InChI=1S/C19H15F2N3O5/c20-12-1-3-14(15(21)8-12)17-10-23-19(29-17)6-5-18(26)22-9-11-7-13(24(27)28)2-4-16(11)25/h1-4,7-8,10,25H,5-6,9H2,(H,22,26). The van der Waals surface area contributed by atoms with Gasteiger partial charge in [0.05, 0.1) is 16.7 Å². The maximum atomic E-state index is 13.8. The van der Waals surface area contributed by atoms with Crippen LogP contribution in [-0.2, 0) is 17.8 Å². The third kappa shape index (κ3) is 4.92. The number of nitro groups is 1. The highest BCUT2D eigenvalue weighted by molar-refractivity contribution is 5.76. The predicted octanol–water partition coefficient (Wildman–Crippen LogP) is 3.48. The van der Waals surface area contributed by atoms with Gasteiger partial charge in [-0.05, 0) is 18.2 Å². The van der Waals surface area contributed by atoms with Crippen molar-refractivity contribution in [1.82, 2.24) is 10.3 Å². The molecule has 0 fully saturated rings. The van der Waals surface area contributed by atoms with E-state index in [1.165, 1.54) is 24.4 Å². The molecule has 2 aromatic carbocycles. The molecule has 2 N–H and O–H groups in total. The number of phenols is 1. The van der Waals surface area contributed by atoms with Crippen LogP contribution in [0.3, 0.4) is 0 Å². The van der Waals surface area contributed by atoms with E-state index in [1.54, 1.807) is 0 Å². The Morgan fingerprint density at radius 2 is 2.03 bits per heavy atom. The summed E-state index contributed by atoms with van der Waals surface area (Å²) in [5.74, 6) is -1.77. The lowest BCUT2D eigenvalue weighted by atomic mass is 10.1. The molecule has 0 radical (unpaired) electrons. The van der Waals surface area contributed by atoms with Crippen LogP contribution in [0.25, 0.3) is 11.3 Å². The lowest BCUT2D eigenvalue weighted by molar-refractivity contribution is -0.384. The van der Waals surface area contributed by atoms with E-state index in [0.717, 1.165) is 18.2 Å². The number of hydrogen-bond donors (Lipinski definition) is 2. The van der Waals surface area contributed by atoms with Crippen molar-refractivity contribution in [3.63, 3.8) is 0 Å². The van der Waals surface area contributed by atoms with E-state index in [1.807, 2.05) is 0 Å². The van der Waals surface area contributed by atoms with Gasteiger partial charge < -0.3 is 14.8 Å². The van der Waals surface area contributed by atoms with Crippen LogP contribution in [0.4, 0.5) is 14.5 Å². The Bertz CT molecular complexity index is 1070. The lowest BCUT2D eigenvalue weighted by Gasteiger charge is -2.06. The number of oxazole rings is 1. The van der Waals surface area contributed by atoms with Crippen LogP contribution in [0.2, 0.25) is 0 Å². The highest BCUT2D eigenvalue weighted by Crippen LogP contribution is 2.25. The van der Waals surface area contributed by atoms with Gasteiger partial charge in [-0.1, -0.05) is 0 Å². The molecule has 0 saturated heterocycles. The average Bonchev–Trinajstić information content (AvgIpc) is 3.14. The van der Waals surface area contributed by atoms with Crippen LogP contribution in [0.1, 0.15) is 17.9 Å². The van der Waals surface area contributed by atoms with Gasteiger partial charge in [-0.2, -0.15) is 0 Å².